The van der Waals surface area contributed by atoms with Crippen LogP contribution in [0.1, 0.15) is 26.4 Å². The number of nitrogens with two attached hydrogens (primary N) is 1. The van der Waals surface area contributed by atoms with E-state index in [4.69, 9.17) is 5.73 Å². The Hall–Kier alpha value is -3.11. The molecule has 0 spiro atoms. The third kappa shape index (κ3) is 5.46. The van der Waals surface area contributed by atoms with Crippen LogP contribution in [0.5, 0.6) is 0 Å². The van der Waals surface area contributed by atoms with Crippen molar-refractivity contribution in [3.05, 3.63) is 65.5 Å². The maximum absolute atomic E-state index is 12.1. The summed E-state index contributed by atoms with van der Waals surface area (Å²) in [5.41, 5.74) is 5.44. The molecule has 0 aliphatic heterocycles. The lowest BCUT2D eigenvalue weighted by Gasteiger charge is -2.07. The van der Waals surface area contributed by atoms with Gasteiger partial charge in [0.05, 0.1) is 17.9 Å². The van der Waals surface area contributed by atoms with E-state index in [1.54, 1.807) is 30.3 Å². The molecule has 26 heavy (non-hydrogen) atoms. The van der Waals surface area contributed by atoms with Crippen molar-refractivity contribution < 1.29 is 22.8 Å². The molecular formula is C16H16N4O5S. The lowest BCUT2D eigenvalue weighted by Crippen LogP contribution is -2.36. The highest BCUT2D eigenvalue weighted by atomic mass is 32.2. The SMILES string of the molecule is NCC(=O)NC(=O)c1ccc(C(=O)NS(=O)(=O)Cc2ccccc2)cn1. The zero-order valence-electron chi connectivity index (χ0n) is 13.5. The molecular weight excluding hydrogens is 360 g/mol. The predicted molar refractivity (Wildman–Crippen MR) is 92.3 cm³/mol. The average Bonchev–Trinajstić information content (AvgIpc) is 2.61. The number of amides is 3. The molecule has 4 N–H and O–H groups in total. The van der Waals surface area contributed by atoms with Crippen LogP contribution in [0.3, 0.4) is 0 Å². The Morgan fingerprint density at radius 1 is 1.00 bits per heavy atom. The second kappa shape index (κ2) is 8.32. The van der Waals surface area contributed by atoms with Gasteiger partial charge in [-0.25, -0.2) is 13.1 Å². The second-order valence-corrected chi connectivity index (χ2v) is 6.91. The number of aromatic nitrogens is 1. The van der Waals surface area contributed by atoms with Crippen LogP contribution in [0.25, 0.3) is 0 Å². The zero-order chi connectivity index (χ0) is 19.2. The molecule has 0 fully saturated rings. The maximum atomic E-state index is 12.1. The molecule has 0 saturated carbocycles. The number of rotatable bonds is 6. The Bertz CT molecular complexity index is 911. The van der Waals surface area contributed by atoms with Crippen LogP contribution in [0, 0.1) is 0 Å². The van der Waals surface area contributed by atoms with Crippen LogP contribution in [-0.2, 0) is 20.6 Å². The van der Waals surface area contributed by atoms with Gasteiger partial charge >= 0.3 is 0 Å². The minimum atomic E-state index is -3.89. The number of hydrogen-bond donors (Lipinski definition) is 3. The number of hydrogen-bond acceptors (Lipinski definition) is 7. The standard InChI is InChI=1S/C16H16N4O5S/c17-8-14(21)19-16(23)13-7-6-12(9-18-13)15(22)20-26(24,25)10-11-4-2-1-3-5-11/h1-7,9H,8,10,17H2,(H,20,22)(H,19,21,23). The Morgan fingerprint density at radius 3 is 2.27 bits per heavy atom. The summed E-state index contributed by atoms with van der Waals surface area (Å²) in [6.07, 6.45) is 1.04. The Balaban J connectivity index is 2.03. The predicted octanol–water partition coefficient (Wildman–Crippen LogP) is -0.443. The normalized spacial score (nSPS) is 10.8. The van der Waals surface area contributed by atoms with Gasteiger partial charge in [0.2, 0.25) is 15.9 Å². The number of carbonyl (C=O) groups excluding carboxylic acids is 3. The number of nitrogens with zero attached hydrogens (tertiary/aromatic N) is 1. The fourth-order valence-electron chi connectivity index (χ4n) is 1.93. The van der Waals surface area contributed by atoms with Crippen LogP contribution in [-0.4, -0.2) is 37.7 Å². The highest BCUT2D eigenvalue weighted by Crippen LogP contribution is 2.06. The minimum absolute atomic E-state index is 0.0525. The van der Waals surface area contributed by atoms with E-state index < -0.39 is 27.7 Å². The van der Waals surface area contributed by atoms with Gasteiger partial charge in [-0.05, 0) is 17.7 Å². The molecule has 0 radical (unpaired) electrons. The van der Waals surface area contributed by atoms with E-state index in [0.29, 0.717) is 5.56 Å². The zero-order valence-corrected chi connectivity index (χ0v) is 14.3. The summed E-state index contributed by atoms with van der Waals surface area (Å²) in [7, 11) is -3.89. The van der Waals surface area contributed by atoms with Crippen molar-refractivity contribution in [2.75, 3.05) is 6.54 Å². The lowest BCUT2D eigenvalue weighted by atomic mass is 10.2. The van der Waals surface area contributed by atoms with Crippen LogP contribution < -0.4 is 15.8 Å². The number of nitrogens with one attached hydrogen (secondary N) is 2. The lowest BCUT2D eigenvalue weighted by molar-refractivity contribution is -0.118. The Morgan fingerprint density at radius 2 is 1.69 bits per heavy atom. The molecule has 0 saturated heterocycles. The highest BCUT2D eigenvalue weighted by molar-refractivity contribution is 7.89. The summed E-state index contributed by atoms with van der Waals surface area (Å²) in [4.78, 5) is 38.5. The second-order valence-electron chi connectivity index (χ2n) is 5.19. The van der Waals surface area contributed by atoms with Crippen molar-refractivity contribution in [2.45, 2.75) is 5.75 Å². The quantitative estimate of drug-likeness (QED) is 0.618. The fraction of sp³-hybridized carbons (Fsp3) is 0.125. The summed E-state index contributed by atoms with van der Waals surface area (Å²) in [5.74, 6) is -2.68. The largest absolute Gasteiger partial charge is 0.322 e. The summed E-state index contributed by atoms with van der Waals surface area (Å²) >= 11 is 0. The molecule has 1 aromatic carbocycles. The van der Waals surface area contributed by atoms with E-state index >= 15 is 0 Å². The van der Waals surface area contributed by atoms with Crippen molar-refractivity contribution in [3.63, 3.8) is 0 Å². The summed E-state index contributed by atoms with van der Waals surface area (Å²) < 4.78 is 26.0. The number of imide groups is 1. The van der Waals surface area contributed by atoms with Crippen molar-refractivity contribution >= 4 is 27.7 Å². The summed E-state index contributed by atoms with van der Waals surface area (Å²) in [6, 6.07) is 10.8. The molecule has 3 amide bonds. The van der Waals surface area contributed by atoms with Crippen LogP contribution in [0.15, 0.2) is 48.7 Å². The molecule has 0 bridgehead atoms. The Kier molecular flexibility index (Phi) is 6.15. The van der Waals surface area contributed by atoms with Crippen molar-refractivity contribution in [2.24, 2.45) is 5.73 Å². The minimum Gasteiger partial charge on any atom is -0.322 e. The molecule has 0 aliphatic rings. The van der Waals surface area contributed by atoms with Gasteiger partial charge in [0.1, 0.15) is 5.69 Å². The Labute approximate surface area is 149 Å². The molecule has 136 valence electrons. The molecule has 0 atom stereocenters. The van der Waals surface area contributed by atoms with E-state index in [0.717, 1.165) is 6.20 Å². The average molecular weight is 376 g/mol. The highest BCUT2D eigenvalue weighted by Gasteiger charge is 2.18. The van der Waals surface area contributed by atoms with Gasteiger partial charge < -0.3 is 5.73 Å². The smallest absolute Gasteiger partial charge is 0.276 e. The van der Waals surface area contributed by atoms with Crippen molar-refractivity contribution in [3.8, 4) is 0 Å². The summed E-state index contributed by atoms with van der Waals surface area (Å²) in [6.45, 7) is -0.356. The molecule has 1 heterocycles. The first-order valence-corrected chi connectivity index (χ1v) is 9.05. The van der Waals surface area contributed by atoms with Gasteiger partial charge in [0.15, 0.2) is 0 Å². The van der Waals surface area contributed by atoms with Crippen molar-refractivity contribution in [1.82, 2.24) is 15.0 Å². The molecule has 0 aliphatic carbocycles. The van der Waals surface area contributed by atoms with Crippen LogP contribution in [0.2, 0.25) is 0 Å². The number of benzene rings is 1. The third-order valence-corrected chi connectivity index (χ3v) is 4.35. The monoisotopic (exact) mass is 376 g/mol. The first kappa shape index (κ1) is 19.2. The van der Waals surface area contributed by atoms with E-state index in [1.165, 1.54) is 12.1 Å². The van der Waals surface area contributed by atoms with Gasteiger partial charge in [0.25, 0.3) is 11.8 Å². The van der Waals surface area contributed by atoms with Gasteiger partial charge in [-0.2, -0.15) is 0 Å². The van der Waals surface area contributed by atoms with Gasteiger partial charge in [-0.1, -0.05) is 30.3 Å². The van der Waals surface area contributed by atoms with E-state index in [9.17, 15) is 22.8 Å². The molecule has 1 aromatic heterocycles. The van der Waals surface area contributed by atoms with E-state index in [-0.39, 0.29) is 23.6 Å². The molecule has 2 rings (SSSR count). The number of sulfonamides is 1. The van der Waals surface area contributed by atoms with Gasteiger partial charge in [-0.15, -0.1) is 0 Å². The molecule has 10 heteroatoms. The van der Waals surface area contributed by atoms with Crippen molar-refractivity contribution in [1.29, 1.82) is 0 Å². The molecule has 2 aromatic rings. The maximum Gasteiger partial charge on any atom is 0.276 e. The van der Waals surface area contributed by atoms with E-state index in [1.807, 2.05) is 10.0 Å². The van der Waals surface area contributed by atoms with Gasteiger partial charge in [-0.3, -0.25) is 24.7 Å². The number of carbonyl (C=O) groups is 3. The molecule has 0 unspecified atom stereocenters. The molecule has 9 nitrogen and oxygen atoms in total. The van der Waals surface area contributed by atoms with Crippen LogP contribution in [0.4, 0.5) is 0 Å². The fourth-order valence-corrected chi connectivity index (χ4v) is 3.04. The number of pyridine rings is 1. The topological polar surface area (TPSA) is 148 Å². The van der Waals surface area contributed by atoms with E-state index in [2.05, 4.69) is 4.98 Å². The third-order valence-electron chi connectivity index (χ3n) is 3.14. The summed E-state index contributed by atoms with van der Waals surface area (Å²) in [5, 5.41) is 2.00. The van der Waals surface area contributed by atoms with Crippen LogP contribution >= 0.6 is 0 Å². The first-order valence-electron chi connectivity index (χ1n) is 7.40. The van der Waals surface area contributed by atoms with Gasteiger partial charge in [0, 0.05) is 6.20 Å². The first-order chi connectivity index (χ1) is 12.3.